The van der Waals surface area contributed by atoms with Crippen LogP contribution in [-0.4, -0.2) is 27.9 Å². The van der Waals surface area contributed by atoms with Crippen LogP contribution in [-0.2, 0) is 6.54 Å². The summed E-state index contributed by atoms with van der Waals surface area (Å²) in [6.07, 6.45) is 5.04. The second kappa shape index (κ2) is 5.90. The first-order valence-electron chi connectivity index (χ1n) is 5.89. The zero-order valence-corrected chi connectivity index (χ0v) is 10.8. The lowest BCUT2D eigenvalue weighted by Crippen LogP contribution is -2.20. The first kappa shape index (κ1) is 12.9. The van der Waals surface area contributed by atoms with Crippen LogP contribution in [0.25, 0.3) is 0 Å². The first-order chi connectivity index (χ1) is 9.20. The van der Waals surface area contributed by atoms with Crippen LogP contribution in [0, 0.1) is 6.92 Å². The second-order valence-corrected chi connectivity index (χ2v) is 3.98. The summed E-state index contributed by atoms with van der Waals surface area (Å²) in [7, 11) is 1.59. The molecule has 2 aromatic heterocycles. The van der Waals surface area contributed by atoms with Gasteiger partial charge in [-0.2, -0.15) is 0 Å². The Balaban J connectivity index is 2.11. The molecule has 0 fully saturated rings. The zero-order valence-electron chi connectivity index (χ0n) is 10.8. The van der Waals surface area contributed by atoms with Gasteiger partial charge < -0.3 is 10.6 Å². The summed E-state index contributed by atoms with van der Waals surface area (Å²) in [6.45, 7) is 2.35. The van der Waals surface area contributed by atoms with Crippen molar-refractivity contribution in [1.82, 2.24) is 20.3 Å². The molecular formula is C13H15N5O. The highest BCUT2D eigenvalue weighted by Gasteiger charge is 2.10. The Morgan fingerprint density at radius 2 is 2.11 bits per heavy atom. The van der Waals surface area contributed by atoms with E-state index < -0.39 is 0 Å². The Kier molecular flexibility index (Phi) is 4.02. The maximum absolute atomic E-state index is 11.7. The SMILES string of the molecule is CNC(=O)c1cccnc1NCc1cnc(C)cn1. The number of carbonyl (C=O) groups is 1. The van der Waals surface area contributed by atoms with Gasteiger partial charge in [0.05, 0.1) is 29.7 Å². The number of hydrogen-bond acceptors (Lipinski definition) is 5. The zero-order chi connectivity index (χ0) is 13.7. The van der Waals surface area contributed by atoms with Crippen LogP contribution in [0.5, 0.6) is 0 Å². The minimum Gasteiger partial charge on any atom is -0.364 e. The van der Waals surface area contributed by atoms with Crippen molar-refractivity contribution in [2.45, 2.75) is 13.5 Å². The summed E-state index contributed by atoms with van der Waals surface area (Å²) >= 11 is 0. The molecule has 0 spiro atoms. The number of aromatic nitrogens is 3. The largest absolute Gasteiger partial charge is 0.364 e. The average Bonchev–Trinajstić information content (AvgIpc) is 2.46. The Bertz CT molecular complexity index is 568. The summed E-state index contributed by atoms with van der Waals surface area (Å²) in [6, 6.07) is 3.44. The van der Waals surface area contributed by atoms with Gasteiger partial charge in [0.25, 0.3) is 5.91 Å². The van der Waals surface area contributed by atoms with E-state index in [0.29, 0.717) is 17.9 Å². The lowest BCUT2D eigenvalue weighted by molar-refractivity contribution is 0.0963. The standard InChI is InChI=1S/C13H15N5O/c1-9-6-17-10(7-16-9)8-18-12-11(13(19)14-2)4-3-5-15-12/h3-7H,8H2,1-2H3,(H,14,19)(H,15,18). The van der Waals surface area contributed by atoms with Crippen LogP contribution in [0.15, 0.2) is 30.7 Å². The molecule has 0 unspecified atom stereocenters. The van der Waals surface area contributed by atoms with Gasteiger partial charge in [0.15, 0.2) is 0 Å². The van der Waals surface area contributed by atoms with Gasteiger partial charge in [0, 0.05) is 19.4 Å². The van der Waals surface area contributed by atoms with E-state index in [1.807, 2.05) is 6.92 Å². The predicted octanol–water partition coefficient (Wildman–Crippen LogP) is 1.15. The van der Waals surface area contributed by atoms with Crippen molar-refractivity contribution in [2.24, 2.45) is 0 Å². The van der Waals surface area contributed by atoms with Gasteiger partial charge in [-0.05, 0) is 19.1 Å². The number of nitrogens with one attached hydrogen (secondary N) is 2. The number of hydrogen-bond donors (Lipinski definition) is 2. The molecule has 6 nitrogen and oxygen atoms in total. The maximum atomic E-state index is 11.7. The molecule has 0 saturated carbocycles. The normalized spacial score (nSPS) is 10.0. The van der Waals surface area contributed by atoms with Crippen LogP contribution in [0.3, 0.4) is 0 Å². The lowest BCUT2D eigenvalue weighted by Gasteiger charge is -2.09. The van der Waals surface area contributed by atoms with Crippen molar-refractivity contribution in [3.05, 3.63) is 47.7 Å². The summed E-state index contributed by atoms with van der Waals surface area (Å²) in [5.41, 5.74) is 2.16. The van der Waals surface area contributed by atoms with Crippen molar-refractivity contribution in [1.29, 1.82) is 0 Å². The number of carbonyl (C=O) groups excluding carboxylic acids is 1. The van der Waals surface area contributed by atoms with Crippen LogP contribution >= 0.6 is 0 Å². The minimum atomic E-state index is -0.175. The van der Waals surface area contributed by atoms with E-state index in [0.717, 1.165) is 11.4 Å². The van der Waals surface area contributed by atoms with Gasteiger partial charge in [-0.25, -0.2) is 4.98 Å². The topological polar surface area (TPSA) is 79.8 Å². The first-order valence-corrected chi connectivity index (χ1v) is 5.89. The van der Waals surface area contributed by atoms with E-state index in [-0.39, 0.29) is 5.91 Å². The quantitative estimate of drug-likeness (QED) is 0.859. The molecule has 0 atom stereocenters. The molecule has 2 N–H and O–H groups in total. The van der Waals surface area contributed by atoms with E-state index in [4.69, 9.17) is 0 Å². The number of nitrogens with zero attached hydrogens (tertiary/aromatic N) is 3. The lowest BCUT2D eigenvalue weighted by atomic mass is 10.2. The van der Waals surface area contributed by atoms with Gasteiger partial charge in [-0.1, -0.05) is 0 Å². The summed E-state index contributed by atoms with van der Waals surface area (Å²) < 4.78 is 0. The fourth-order valence-electron chi connectivity index (χ4n) is 1.55. The summed E-state index contributed by atoms with van der Waals surface area (Å²) in [5, 5.41) is 5.67. The third-order valence-corrected chi connectivity index (χ3v) is 2.55. The van der Waals surface area contributed by atoms with Crippen molar-refractivity contribution < 1.29 is 4.79 Å². The minimum absolute atomic E-state index is 0.175. The smallest absolute Gasteiger partial charge is 0.254 e. The fraction of sp³-hybridized carbons (Fsp3) is 0.231. The Morgan fingerprint density at radius 1 is 1.26 bits per heavy atom. The highest BCUT2D eigenvalue weighted by Crippen LogP contribution is 2.12. The predicted molar refractivity (Wildman–Crippen MR) is 71.7 cm³/mol. The van der Waals surface area contributed by atoms with Crippen LogP contribution in [0.1, 0.15) is 21.7 Å². The van der Waals surface area contributed by atoms with Gasteiger partial charge in [-0.15, -0.1) is 0 Å². The number of rotatable bonds is 4. The molecular weight excluding hydrogens is 242 g/mol. The third-order valence-electron chi connectivity index (χ3n) is 2.55. The van der Waals surface area contributed by atoms with Crippen LogP contribution in [0.2, 0.25) is 0 Å². The molecule has 0 aliphatic carbocycles. The van der Waals surface area contributed by atoms with E-state index in [1.54, 1.807) is 37.8 Å². The number of pyridine rings is 1. The highest BCUT2D eigenvalue weighted by atomic mass is 16.1. The molecule has 2 heterocycles. The van der Waals surface area contributed by atoms with Crippen molar-refractivity contribution in [3.8, 4) is 0 Å². The van der Waals surface area contributed by atoms with Crippen molar-refractivity contribution in [3.63, 3.8) is 0 Å². The van der Waals surface area contributed by atoms with Crippen molar-refractivity contribution in [2.75, 3.05) is 12.4 Å². The molecule has 2 aromatic rings. The van der Waals surface area contributed by atoms with Crippen LogP contribution in [0.4, 0.5) is 5.82 Å². The van der Waals surface area contributed by atoms with E-state index >= 15 is 0 Å². The Morgan fingerprint density at radius 3 is 2.79 bits per heavy atom. The molecule has 6 heteroatoms. The highest BCUT2D eigenvalue weighted by molar-refractivity contribution is 5.98. The van der Waals surface area contributed by atoms with E-state index in [1.165, 1.54) is 0 Å². The van der Waals surface area contributed by atoms with Crippen molar-refractivity contribution >= 4 is 11.7 Å². The monoisotopic (exact) mass is 257 g/mol. The van der Waals surface area contributed by atoms with Gasteiger partial charge in [0.2, 0.25) is 0 Å². The number of aryl methyl sites for hydroxylation is 1. The molecule has 1 amide bonds. The second-order valence-electron chi connectivity index (χ2n) is 3.98. The Labute approximate surface area is 111 Å². The Hall–Kier alpha value is -2.50. The van der Waals surface area contributed by atoms with E-state index in [9.17, 15) is 4.79 Å². The molecule has 98 valence electrons. The average molecular weight is 257 g/mol. The van der Waals surface area contributed by atoms with Crippen LogP contribution < -0.4 is 10.6 Å². The molecule has 0 radical (unpaired) electrons. The van der Waals surface area contributed by atoms with Gasteiger partial charge >= 0.3 is 0 Å². The number of anilines is 1. The number of amides is 1. The molecule has 0 bridgehead atoms. The fourth-order valence-corrected chi connectivity index (χ4v) is 1.55. The molecule has 0 aromatic carbocycles. The third kappa shape index (κ3) is 3.25. The molecule has 19 heavy (non-hydrogen) atoms. The summed E-state index contributed by atoms with van der Waals surface area (Å²) in [5.74, 6) is 0.356. The molecule has 2 rings (SSSR count). The molecule has 0 aliphatic rings. The summed E-state index contributed by atoms with van der Waals surface area (Å²) in [4.78, 5) is 24.2. The van der Waals surface area contributed by atoms with E-state index in [2.05, 4.69) is 25.6 Å². The van der Waals surface area contributed by atoms with Gasteiger partial charge in [-0.3, -0.25) is 14.8 Å². The van der Waals surface area contributed by atoms with Gasteiger partial charge in [0.1, 0.15) is 5.82 Å². The molecule has 0 aliphatic heterocycles. The maximum Gasteiger partial charge on any atom is 0.254 e. The molecule has 0 saturated heterocycles.